The minimum absolute atomic E-state index is 0.324. The van der Waals surface area contributed by atoms with E-state index in [0.717, 1.165) is 21.3 Å². The van der Waals surface area contributed by atoms with Crippen molar-refractivity contribution in [3.63, 3.8) is 0 Å². The highest BCUT2D eigenvalue weighted by molar-refractivity contribution is 7.98. The van der Waals surface area contributed by atoms with E-state index in [1.807, 2.05) is 18.4 Å². The Kier molecular flexibility index (Phi) is 3.81. The highest BCUT2D eigenvalue weighted by atomic mass is 32.2. The number of hydrogen-bond donors (Lipinski definition) is 1. The Morgan fingerprint density at radius 3 is 3.00 bits per heavy atom. The maximum atomic E-state index is 10.8. The molecule has 0 bridgehead atoms. The number of aromatic nitrogens is 1. The van der Waals surface area contributed by atoms with Crippen molar-refractivity contribution >= 4 is 29.1 Å². The largest absolute Gasteiger partial charge is 0.478 e. The molecule has 1 aromatic heterocycles. The van der Waals surface area contributed by atoms with Gasteiger partial charge in [-0.05, 0) is 25.1 Å². The second-order valence-corrected chi connectivity index (χ2v) is 5.50. The average molecular weight is 265 g/mol. The number of rotatable bonds is 4. The molecule has 1 aromatic carbocycles. The summed E-state index contributed by atoms with van der Waals surface area (Å²) in [6, 6.07) is 6.96. The Balaban J connectivity index is 2.04. The molecular weight excluding hydrogens is 254 g/mol. The molecule has 1 N–H and O–H groups in total. The van der Waals surface area contributed by atoms with Gasteiger partial charge in [0.25, 0.3) is 0 Å². The Bertz CT molecular complexity index is 537. The zero-order valence-electron chi connectivity index (χ0n) is 9.21. The van der Waals surface area contributed by atoms with Crippen molar-refractivity contribution in [2.45, 2.75) is 17.6 Å². The third kappa shape index (κ3) is 3.31. The van der Waals surface area contributed by atoms with Gasteiger partial charge in [-0.3, -0.25) is 0 Å². The average Bonchev–Trinajstić information content (AvgIpc) is 2.73. The van der Waals surface area contributed by atoms with E-state index in [2.05, 4.69) is 4.98 Å². The van der Waals surface area contributed by atoms with Crippen LogP contribution in [-0.4, -0.2) is 16.1 Å². The Morgan fingerprint density at radius 1 is 1.53 bits per heavy atom. The van der Waals surface area contributed by atoms with E-state index in [-0.39, 0.29) is 0 Å². The fourth-order valence-corrected chi connectivity index (χ4v) is 3.08. The summed E-state index contributed by atoms with van der Waals surface area (Å²) in [5.74, 6) is -0.112. The summed E-state index contributed by atoms with van der Waals surface area (Å²) in [6.45, 7) is 1.97. The number of hydrogen-bond acceptors (Lipinski definition) is 4. The number of thioether (sulfide) groups is 1. The van der Waals surface area contributed by atoms with Gasteiger partial charge in [0.05, 0.1) is 11.3 Å². The zero-order valence-corrected chi connectivity index (χ0v) is 10.8. The quantitative estimate of drug-likeness (QED) is 0.860. The first-order chi connectivity index (χ1) is 8.15. The lowest BCUT2D eigenvalue weighted by molar-refractivity contribution is 0.0696. The van der Waals surface area contributed by atoms with E-state index in [1.54, 1.807) is 41.3 Å². The first-order valence-corrected chi connectivity index (χ1v) is 6.89. The van der Waals surface area contributed by atoms with E-state index < -0.39 is 5.97 Å². The molecule has 88 valence electrons. The van der Waals surface area contributed by atoms with Gasteiger partial charge >= 0.3 is 5.97 Å². The lowest BCUT2D eigenvalue weighted by Gasteiger charge is -2.00. The molecule has 3 nitrogen and oxygen atoms in total. The third-order valence-corrected chi connectivity index (χ3v) is 4.26. The second-order valence-electron chi connectivity index (χ2n) is 3.50. The maximum Gasteiger partial charge on any atom is 0.335 e. The highest BCUT2D eigenvalue weighted by Crippen LogP contribution is 2.25. The van der Waals surface area contributed by atoms with Crippen molar-refractivity contribution in [1.82, 2.24) is 4.98 Å². The topological polar surface area (TPSA) is 50.2 Å². The predicted molar refractivity (Wildman–Crippen MR) is 69.8 cm³/mol. The van der Waals surface area contributed by atoms with Gasteiger partial charge in [0.2, 0.25) is 0 Å². The van der Waals surface area contributed by atoms with Crippen LogP contribution in [0.25, 0.3) is 0 Å². The summed E-state index contributed by atoms with van der Waals surface area (Å²) in [5, 5.41) is 12.0. The summed E-state index contributed by atoms with van der Waals surface area (Å²) in [7, 11) is 0. The minimum Gasteiger partial charge on any atom is -0.478 e. The minimum atomic E-state index is -0.891. The van der Waals surface area contributed by atoms with Crippen LogP contribution < -0.4 is 0 Å². The van der Waals surface area contributed by atoms with E-state index in [9.17, 15) is 4.79 Å². The summed E-state index contributed by atoms with van der Waals surface area (Å²) >= 11 is 3.23. The highest BCUT2D eigenvalue weighted by Gasteiger charge is 2.05. The van der Waals surface area contributed by atoms with Crippen molar-refractivity contribution < 1.29 is 9.90 Å². The molecule has 2 rings (SSSR count). The van der Waals surface area contributed by atoms with Gasteiger partial charge in [-0.15, -0.1) is 23.1 Å². The van der Waals surface area contributed by atoms with Crippen molar-refractivity contribution in [3.05, 3.63) is 45.9 Å². The molecule has 0 aliphatic rings. The van der Waals surface area contributed by atoms with Crippen LogP contribution >= 0.6 is 23.1 Å². The van der Waals surface area contributed by atoms with Crippen LogP contribution in [0.3, 0.4) is 0 Å². The summed E-state index contributed by atoms with van der Waals surface area (Å²) < 4.78 is 0. The fourth-order valence-electron chi connectivity index (χ4n) is 1.33. The summed E-state index contributed by atoms with van der Waals surface area (Å²) in [4.78, 5) is 16.1. The van der Waals surface area contributed by atoms with Crippen LogP contribution in [0, 0.1) is 6.92 Å². The SMILES string of the molecule is Cc1csc(CSc2cccc(C(=O)O)c2)n1. The number of carbonyl (C=O) groups is 1. The molecule has 2 aromatic rings. The molecule has 0 saturated heterocycles. The lowest BCUT2D eigenvalue weighted by Crippen LogP contribution is -1.95. The van der Waals surface area contributed by atoms with Gasteiger partial charge < -0.3 is 5.11 Å². The molecular formula is C12H11NO2S2. The summed E-state index contributed by atoms with van der Waals surface area (Å²) in [5.41, 5.74) is 1.36. The lowest BCUT2D eigenvalue weighted by atomic mass is 10.2. The molecule has 0 fully saturated rings. The number of thiazole rings is 1. The Morgan fingerprint density at radius 2 is 2.35 bits per heavy atom. The fraction of sp³-hybridized carbons (Fsp3) is 0.167. The van der Waals surface area contributed by atoms with Crippen LogP contribution in [0.1, 0.15) is 21.1 Å². The third-order valence-electron chi connectivity index (χ3n) is 2.11. The number of nitrogens with zero attached hydrogens (tertiary/aromatic N) is 1. The van der Waals surface area contributed by atoms with E-state index in [1.165, 1.54) is 0 Å². The molecule has 17 heavy (non-hydrogen) atoms. The number of aryl methyl sites for hydroxylation is 1. The smallest absolute Gasteiger partial charge is 0.335 e. The monoisotopic (exact) mass is 265 g/mol. The molecule has 5 heteroatoms. The number of carboxylic acid groups (broad SMARTS) is 1. The van der Waals surface area contributed by atoms with Crippen LogP contribution in [0.5, 0.6) is 0 Å². The van der Waals surface area contributed by atoms with Gasteiger partial charge in [-0.25, -0.2) is 9.78 Å². The van der Waals surface area contributed by atoms with Gasteiger partial charge in [0, 0.05) is 16.0 Å². The van der Waals surface area contributed by atoms with Crippen LogP contribution in [0.2, 0.25) is 0 Å². The van der Waals surface area contributed by atoms with Crippen LogP contribution in [-0.2, 0) is 5.75 Å². The first kappa shape index (κ1) is 12.1. The molecule has 0 aliphatic heterocycles. The molecule has 0 atom stereocenters. The molecule has 0 saturated carbocycles. The zero-order chi connectivity index (χ0) is 12.3. The molecule has 0 unspecified atom stereocenters. The van der Waals surface area contributed by atoms with E-state index >= 15 is 0 Å². The normalized spacial score (nSPS) is 10.4. The van der Waals surface area contributed by atoms with E-state index in [0.29, 0.717) is 5.56 Å². The van der Waals surface area contributed by atoms with Crippen molar-refractivity contribution in [2.75, 3.05) is 0 Å². The van der Waals surface area contributed by atoms with Gasteiger partial charge in [0.15, 0.2) is 0 Å². The molecule has 1 heterocycles. The van der Waals surface area contributed by atoms with E-state index in [4.69, 9.17) is 5.11 Å². The number of aromatic carboxylic acids is 1. The number of benzene rings is 1. The summed E-state index contributed by atoms with van der Waals surface area (Å²) in [6.07, 6.45) is 0. The molecule has 0 aliphatic carbocycles. The second kappa shape index (κ2) is 5.33. The maximum absolute atomic E-state index is 10.8. The molecule has 0 amide bonds. The predicted octanol–water partition coefficient (Wildman–Crippen LogP) is 3.44. The van der Waals surface area contributed by atoms with Crippen molar-refractivity contribution in [2.24, 2.45) is 0 Å². The van der Waals surface area contributed by atoms with Crippen LogP contribution in [0.15, 0.2) is 34.5 Å². The van der Waals surface area contributed by atoms with Crippen LogP contribution in [0.4, 0.5) is 0 Å². The molecule has 0 radical (unpaired) electrons. The van der Waals surface area contributed by atoms with Crippen molar-refractivity contribution in [1.29, 1.82) is 0 Å². The Hall–Kier alpha value is -1.33. The van der Waals surface area contributed by atoms with Gasteiger partial charge in [-0.2, -0.15) is 0 Å². The van der Waals surface area contributed by atoms with Gasteiger partial charge in [0.1, 0.15) is 5.01 Å². The van der Waals surface area contributed by atoms with Crippen molar-refractivity contribution in [3.8, 4) is 0 Å². The molecule has 0 spiro atoms. The standard InChI is InChI=1S/C12H11NO2S2/c1-8-6-17-11(13-8)7-16-10-4-2-3-9(5-10)12(14)15/h2-6H,7H2,1H3,(H,14,15). The first-order valence-electron chi connectivity index (χ1n) is 5.02. The number of carboxylic acids is 1. The Labute approximate surface area is 108 Å². The van der Waals surface area contributed by atoms with Gasteiger partial charge in [-0.1, -0.05) is 6.07 Å².